The van der Waals surface area contributed by atoms with Crippen molar-refractivity contribution in [3.05, 3.63) is 60.0 Å². The van der Waals surface area contributed by atoms with Crippen LogP contribution in [0.1, 0.15) is 5.69 Å². The number of nitrogens with zero attached hydrogens (tertiary/aromatic N) is 1. The van der Waals surface area contributed by atoms with E-state index in [2.05, 4.69) is 6.07 Å². The van der Waals surface area contributed by atoms with Crippen molar-refractivity contribution in [1.29, 1.82) is 0 Å². The number of hydrogen-bond donors (Lipinski definition) is 1. The number of para-hydroxylation sites is 1. The second-order valence-corrected chi connectivity index (χ2v) is 4.72. The summed E-state index contributed by atoms with van der Waals surface area (Å²) in [6, 6.07) is 13.9. The van der Waals surface area contributed by atoms with E-state index in [-0.39, 0.29) is 5.82 Å². The average Bonchev–Trinajstić information content (AvgIpc) is 2.76. The summed E-state index contributed by atoms with van der Waals surface area (Å²) in [6.45, 7) is 0.413. The van der Waals surface area contributed by atoms with Crippen LogP contribution in [-0.2, 0) is 13.7 Å². The number of ether oxygens (including phenoxy) is 1. The van der Waals surface area contributed by atoms with E-state index < -0.39 is 0 Å². The molecule has 0 saturated heterocycles. The topological polar surface area (TPSA) is 40.2 Å². The molecular weight excluding hydrogens is 255 g/mol. The molecule has 4 heteroatoms. The minimum absolute atomic E-state index is 0.269. The number of halogens is 1. The molecule has 0 aliphatic carbocycles. The Balaban J connectivity index is 1.86. The molecule has 20 heavy (non-hydrogen) atoms. The standard InChI is InChI=1S/C16H15FN2O/c1-19-13(9-11-3-2-4-15(18)16(11)19)10-20-14-7-5-12(17)6-8-14/h2-9H,10,18H2,1H3. The summed E-state index contributed by atoms with van der Waals surface area (Å²) in [4.78, 5) is 0. The number of hydrogen-bond acceptors (Lipinski definition) is 2. The van der Waals surface area contributed by atoms with Gasteiger partial charge in [0.1, 0.15) is 18.2 Å². The predicted octanol–water partition coefficient (Wildman–Crippen LogP) is 3.48. The van der Waals surface area contributed by atoms with Crippen molar-refractivity contribution in [2.45, 2.75) is 6.61 Å². The Kier molecular flexibility index (Phi) is 3.06. The molecule has 0 aliphatic rings. The second kappa shape index (κ2) is 4.89. The van der Waals surface area contributed by atoms with Gasteiger partial charge in [-0.3, -0.25) is 0 Å². The largest absolute Gasteiger partial charge is 0.487 e. The maximum absolute atomic E-state index is 12.8. The molecular formula is C16H15FN2O. The van der Waals surface area contributed by atoms with Crippen LogP contribution in [0.4, 0.5) is 10.1 Å². The maximum atomic E-state index is 12.8. The van der Waals surface area contributed by atoms with Gasteiger partial charge in [0.05, 0.1) is 16.9 Å². The lowest BCUT2D eigenvalue weighted by molar-refractivity contribution is 0.297. The fraction of sp³-hybridized carbons (Fsp3) is 0.125. The van der Waals surface area contributed by atoms with Crippen LogP contribution in [0, 0.1) is 5.82 Å². The van der Waals surface area contributed by atoms with Gasteiger partial charge >= 0.3 is 0 Å². The Hall–Kier alpha value is -2.49. The number of aromatic nitrogens is 1. The lowest BCUT2D eigenvalue weighted by atomic mass is 10.2. The minimum atomic E-state index is -0.269. The lowest BCUT2D eigenvalue weighted by Gasteiger charge is -2.08. The molecule has 102 valence electrons. The zero-order chi connectivity index (χ0) is 14.1. The van der Waals surface area contributed by atoms with Gasteiger partial charge in [-0.2, -0.15) is 0 Å². The van der Waals surface area contributed by atoms with Crippen LogP contribution < -0.4 is 10.5 Å². The lowest BCUT2D eigenvalue weighted by Crippen LogP contribution is -2.02. The van der Waals surface area contributed by atoms with E-state index in [1.807, 2.05) is 29.8 Å². The number of rotatable bonds is 3. The number of aryl methyl sites for hydroxylation is 1. The Morgan fingerprint density at radius 3 is 2.60 bits per heavy atom. The predicted molar refractivity (Wildman–Crippen MR) is 78.1 cm³/mol. The van der Waals surface area contributed by atoms with Gasteiger partial charge in [-0.05, 0) is 36.4 Å². The molecule has 0 atom stereocenters. The van der Waals surface area contributed by atoms with Crippen LogP contribution in [-0.4, -0.2) is 4.57 Å². The summed E-state index contributed by atoms with van der Waals surface area (Å²) in [7, 11) is 1.96. The van der Waals surface area contributed by atoms with Crippen molar-refractivity contribution in [1.82, 2.24) is 4.57 Å². The summed E-state index contributed by atoms with van der Waals surface area (Å²) in [5, 5.41) is 1.09. The van der Waals surface area contributed by atoms with Crippen LogP contribution >= 0.6 is 0 Å². The van der Waals surface area contributed by atoms with Gasteiger partial charge in [0.25, 0.3) is 0 Å². The van der Waals surface area contributed by atoms with E-state index in [1.54, 1.807) is 12.1 Å². The Bertz CT molecular complexity index is 747. The highest BCUT2D eigenvalue weighted by atomic mass is 19.1. The third-order valence-electron chi connectivity index (χ3n) is 3.39. The van der Waals surface area contributed by atoms with Gasteiger partial charge in [-0.15, -0.1) is 0 Å². The van der Waals surface area contributed by atoms with Crippen molar-refractivity contribution in [3.8, 4) is 5.75 Å². The summed E-state index contributed by atoms with van der Waals surface area (Å²) in [5.41, 5.74) is 8.76. The molecule has 3 nitrogen and oxygen atoms in total. The van der Waals surface area contributed by atoms with Crippen molar-refractivity contribution < 1.29 is 9.13 Å². The van der Waals surface area contributed by atoms with Crippen molar-refractivity contribution in [2.75, 3.05) is 5.73 Å². The molecule has 3 rings (SSSR count). The van der Waals surface area contributed by atoms with Crippen molar-refractivity contribution in [2.24, 2.45) is 7.05 Å². The molecule has 0 aliphatic heterocycles. The third kappa shape index (κ3) is 2.20. The number of nitrogen functional groups attached to an aromatic ring is 1. The highest BCUT2D eigenvalue weighted by Gasteiger charge is 2.08. The zero-order valence-corrected chi connectivity index (χ0v) is 11.1. The number of anilines is 1. The van der Waals surface area contributed by atoms with Gasteiger partial charge < -0.3 is 15.0 Å². The normalized spacial score (nSPS) is 10.9. The highest BCUT2D eigenvalue weighted by Crippen LogP contribution is 2.25. The summed E-state index contributed by atoms with van der Waals surface area (Å²) < 4.78 is 20.5. The molecule has 0 radical (unpaired) electrons. The van der Waals surface area contributed by atoms with E-state index in [0.29, 0.717) is 12.4 Å². The molecule has 0 unspecified atom stereocenters. The van der Waals surface area contributed by atoms with E-state index in [1.165, 1.54) is 12.1 Å². The van der Waals surface area contributed by atoms with Crippen LogP contribution in [0.3, 0.4) is 0 Å². The zero-order valence-electron chi connectivity index (χ0n) is 11.1. The first-order valence-corrected chi connectivity index (χ1v) is 6.36. The quantitative estimate of drug-likeness (QED) is 0.740. The van der Waals surface area contributed by atoms with Crippen LogP contribution in [0.25, 0.3) is 10.9 Å². The summed E-state index contributed by atoms with van der Waals surface area (Å²) >= 11 is 0. The smallest absolute Gasteiger partial charge is 0.128 e. The molecule has 3 aromatic rings. The first-order valence-electron chi connectivity index (χ1n) is 6.36. The molecule has 2 aromatic carbocycles. The highest BCUT2D eigenvalue weighted by molar-refractivity contribution is 5.91. The first kappa shape index (κ1) is 12.5. The Labute approximate surface area is 116 Å². The van der Waals surface area contributed by atoms with E-state index in [9.17, 15) is 4.39 Å². The monoisotopic (exact) mass is 270 g/mol. The Morgan fingerprint density at radius 1 is 1.15 bits per heavy atom. The van der Waals surface area contributed by atoms with Crippen LogP contribution in [0.15, 0.2) is 48.5 Å². The van der Waals surface area contributed by atoms with Crippen LogP contribution in [0.5, 0.6) is 5.75 Å². The van der Waals surface area contributed by atoms with Gasteiger partial charge in [-0.25, -0.2) is 4.39 Å². The number of nitrogens with two attached hydrogens (primary N) is 1. The average molecular weight is 270 g/mol. The molecule has 0 fully saturated rings. The Morgan fingerprint density at radius 2 is 1.90 bits per heavy atom. The molecule has 2 N–H and O–H groups in total. The maximum Gasteiger partial charge on any atom is 0.128 e. The number of fused-ring (bicyclic) bond motifs is 1. The molecule has 1 aromatic heterocycles. The van der Waals surface area contributed by atoms with Gasteiger partial charge in [0, 0.05) is 12.4 Å². The summed E-state index contributed by atoms with van der Waals surface area (Å²) in [6.07, 6.45) is 0. The van der Waals surface area contributed by atoms with Gasteiger partial charge in [0.2, 0.25) is 0 Å². The van der Waals surface area contributed by atoms with Gasteiger partial charge in [0.15, 0.2) is 0 Å². The fourth-order valence-corrected chi connectivity index (χ4v) is 2.33. The van der Waals surface area contributed by atoms with E-state index in [4.69, 9.17) is 10.5 Å². The molecule has 0 saturated carbocycles. The van der Waals surface area contributed by atoms with Gasteiger partial charge in [-0.1, -0.05) is 12.1 Å². The van der Waals surface area contributed by atoms with E-state index in [0.717, 1.165) is 22.3 Å². The third-order valence-corrected chi connectivity index (χ3v) is 3.39. The first-order chi connectivity index (χ1) is 9.65. The SMILES string of the molecule is Cn1c(COc2ccc(F)cc2)cc2cccc(N)c21. The van der Waals surface area contributed by atoms with Crippen molar-refractivity contribution in [3.63, 3.8) is 0 Å². The minimum Gasteiger partial charge on any atom is -0.487 e. The van der Waals surface area contributed by atoms with Crippen LogP contribution in [0.2, 0.25) is 0 Å². The molecule has 1 heterocycles. The second-order valence-electron chi connectivity index (χ2n) is 4.72. The molecule has 0 bridgehead atoms. The molecule has 0 spiro atoms. The summed E-state index contributed by atoms with van der Waals surface area (Å²) in [5.74, 6) is 0.374. The number of benzene rings is 2. The molecule has 0 amide bonds. The van der Waals surface area contributed by atoms with E-state index >= 15 is 0 Å². The fourth-order valence-electron chi connectivity index (χ4n) is 2.33. The van der Waals surface area contributed by atoms with Crippen molar-refractivity contribution >= 4 is 16.6 Å².